The second-order valence-corrected chi connectivity index (χ2v) is 7.06. The average Bonchev–Trinajstić information content (AvgIpc) is 2.56. The molecule has 0 unspecified atom stereocenters. The van der Waals surface area contributed by atoms with E-state index in [1.807, 2.05) is 43.1 Å². The van der Waals surface area contributed by atoms with Crippen LogP contribution in [-0.2, 0) is 10.0 Å². The summed E-state index contributed by atoms with van der Waals surface area (Å²) >= 11 is 0. The van der Waals surface area contributed by atoms with Crippen molar-refractivity contribution in [2.45, 2.75) is 11.8 Å². The second-order valence-electron chi connectivity index (χ2n) is 5.40. The number of anilines is 1. The van der Waals surface area contributed by atoms with E-state index in [2.05, 4.69) is 9.93 Å². The number of nitrogens with zero attached hydrogens (tertiary/aromatic N) is 2. The molecule has 0 aliphatic heterocycles. The summed E-state index contributed by atoms with van der Waals surface area (Å²) in [5, 5.41) is 12.7. The molecule has 128 valence electrons. The van der Waals surface area contributed by atoms with Gasteiger partial charge >= 0.3 is 0 Å². The van der Waals surface area contributed by atoms with Crippen LogP contribution in [0.1, 0.15) is 11.1 Å². The first-order chi connectivity index (χ1) is 11.4. The van der Waals surface area contributed by atoms with E-state index >= 15 is 0 Å². The number of likely N-dealkylation sites (N-methyl/N-ethyl adjacent to an activating group) is 1. The molecule has 0 amide bonds. The van der Waals surface area contributed by atoms with Crippen LogP contribution >= 0.6 is 0 Å². The second kappa shape index (κ2) is 7.94. The van der Waals surface area contributed by atoms with E-state index in [9.17, 15) is 8.42 Å². The van der Waals surface area contributed by atoms with Gasteiger partial charge in [-0.15, -0.1) is 0 Å². The molecule has 0 bridgehead atoms. The van der Waals surface area contributed by atoms with Crippen molar-refractivity contribution in [1.82, 2.24) is 4.83 Å². The standard InChI is InChI=1S/C17H21N3O3S/c1-14-3-9-17(10-4-14)24(22,23)19-18-13-15-5-7-16(8-6-15)20(2)11-12-21/h3-10,13,19,21H,11-12H2,1-2H3/b18-13-. The molecule has 7 heteroatoms. The topological polar surface area (TPSA) is 82.0 Å². The third kappa shape index (κ3) is 4.81. The molecule has 0 aliphatic rings. The quantitative estimate of drug-likeness (QED) is 0.590. The predicted molar refractivity (Wildman–Crippen MR) is 95.9 cm³/mol. The van der Waals surface area contributed by atoms with Gasteiger partial charge in [-0.3, -0.25) is 0 Å². The first-order valence-corrected chi connectivity index (χ1v) is 8.94. The van der Waals surface area contributed by atoms with Crippen LogP contribution < -0.4 is 9.73 Å². The van der Waals surface area contributed by atoms with Crippen LogP contribution in [-0.4, -0.2) is 39.9 Å². The number of hydrogen-bond donors (Lipinski definition) is 2. The maximum absolute atomic E-state index is 12.1. The molecule has 24 heavy (non-hydrogen) atoms. The van der Waals surface area contributed by atoms with Gasteiger partial charge in [-0.2, -0.15) is 13.5 Å². The molecule has 2 aromatic rings. The Morgan fingerprint density at radius 2 is 1.75 bits per heavy atom. The summed E-state index contributed by atoms with van der Waals surface area (Å²) in [6.45, 7) is 2.52. The van der Waals surface area contributed by atoms with Gasteiger partial charge in [0.15, 0.2) is 0 Å². The lowest BCUT2D eigenvalue weighted by molar-refractivity contribution is 0.304. The molecule has 6 nitrogen and oxygen atoms in total. The summed E-state index contributed by atoms with van der Waals surface area (Å²) in [4.78, 5) is 4.29. The lowest BCUT2D eigenvalue weighted by Crippen LogP contribution is -2.21. The third-order valence-corrected chi connectivity index (χ3v) is 4.73. The highest BCUT2D eigenvalue weighted by molar-refractivity contribution is 7.89. The van der Waals surface area contributed by atoms with Crippen molar-refractivity contribution < 1.29 is 13.5 Å². The number of rotatable bonds is 7. The van der Waals surface area contributed by atoms with Gasteiger partial charge in [-0.1, -0.05) is 29.8 Å². The highest BCUT2D eigenvalue weighted by Crippen LogP contribution is 2.13. The van der Waals surface area contributed by atoms with Crippen LogP contribution in [0.25, 0.3) is 0 Å². The monoisotopic (exact) mass is 347 g/mol. The van der Waals surface area contributed by atoms with E-state index in [1.165, 1.54) is 6.21 Å². The summed E-state index contributed by atoms with van der Waals surface area (Å²) in [6.07, 6.45) is 1.45. The zero-order valence-electron chi connectivity index (χ0n) is 13.7. The zero-order chi connectivity index (χ0) is 17.6. The number of aliphatic hydroxyl groups is 1. The molecule has 0 aromatic heterocycles. The number of hydrazone groups is 1. The van der Waals surface area contributed by atoms with Gasteiger partial charge in [0.2, 0.25) is 0 Å². The zero-order valence-corrected chi connectivity index (χ0v) is 14.5. The summed E-state index contributed by atoms with van der Waals surface area (Å²) in [6, 6.07) is 14.0. The van der Waals surface area contributed by atoms with Crippen LogP contribution in [0.2, 0.25) is 0 Å². The Bertz CT molecular complexity index is 785. The van der Waals surface area contributed by atoms with E-state index in [4.69, 9.17) is 5.11 Å². The lowest BCUT2D eigenvalue weighted by Gasteiger charge is -2.17. The highest BCUT2D eigenvalue weighted by Gasteiger charge is 2.11. The fraction of sp³-hybridized carbons (Fsp3) is 0.235. The molecule has 2 rings (SSSR count). The molecule has 2 aromatic carbocycles. The largest absolute Gasteiger partial charge is 0.395 e. The van der Waals surface area contributed by atoms with Gasteiger partial charge < -0.3 is 10.0 Å². The smallest absolute Gasteiger partial charge is 0.276 e. The lowest BCUT2D eigenvalue weighted by atomic mass is 10.2. The van der Waals surface area contributed by atoms with E-state index in [0.717, 1.165) is 16.8 Å². The van der Waals surface area contributed by atoms with Crippen molar-refractivity contribution in [1.29, 1.82) is 0 Å². The molecule has 0 aliphatic carbocycles. The van der Waals surface area contributed by atoms with E-state index in [1.54, 1.807) is 24.3 Å². The third-order valence-electron chi connectivity index (χ3n) is 3.49. The van der Waals surface area contributed by atoms with Gasteiger partial charge in [0, 0.05) is 19.3 Å². The van der Waals surface area contributed by atoms with Crippen LogP contribution in [0.15, 0.2) is 58.5 Å². The summed E-state index contributed by atoms with van der Waals surface area (Å²) in [7, 11) is -1.78. The molecule has 0 saturated heterocycles. The van der Waals surface area contributed by atoms with E-state index in [-0.39, 0.29) is 11.5 Å². The van der Waals surface area contributed by atoms with Crippen molar-refractivity contribution in [3.8, 4) is 0 Å². The van der Waals surface area contributed by atoms with Crippen molar-refractivity contribution >= 4 is 21.9 Å². The van der Waals surface area contributed by atoms with Gasteiger partial charge in [-0.25, -0.2) is 4.83 Å². The van der Waals surface area contributed by atoms with Crippen molar-refractivity contribution in [2.75, 3.05) is 25.1 Å². The van der Waals surface area contributed by atoms with E-state index < -0.39 is 10.0 Å². The van der Waals surface area contributed by atoms with Crippen LogP contribution in [0.3, 0.4) is 0 Å². The number of nitrogens with one attached hydrogen (secondary N) is 1. The Balaban J connectivity index is 2.02. The van der Waals surface area contributed by atoms with Crippen LogP contribution in [0.4, 0.5) is 5.69 Å². The molecule has 0 fully saturated rings. The molecule has 0 spiro atoms. The van der Waals surface area contributed by atoms with Gasteiger partial charge in [-0.05, 0) is 36.8 Å². The van der Waals surface area contributed by atoms with Gasteiger partial charge in [0.25, 0.3) is 10.0 Å². The SMILES string of the molecule is Cc1ccc(S(=O)(=O)N/N=C\c2ccc(N(C)CCO)cc2)cc1. The van der Waals surface area contributed by atoms with Crippen LogP contribution in [0.5, 0.6) is 0 Å². The molecule has 0 radical (unpaired) electrons. The van der Waals surface area contributed by atoms with Gasteiger partial charge in [0.1, 0.15) is 0 Å². The minimum atomic E-state index is -3.66. The fourth-order valence-corrected chi connectivity index (χ4v) is 2.83. The maximum Gasteiger partial charge on any atom is 0.276 e. The predicted octanol–water partition coefficient (Wildman–Crippen LogP) is 1.74. The Morgan fingerprint density at radius 1 is 1.12 bits per heavy atom. The Kier molecular flexibility index (Phi) is 5.94. The maximum atomic E-state index is 12.1. The van der Waals surface area contributed by atoms with Crippen LogP contribution in [0, 0.1) is 6.92 Å². The normalized spacial score (nSPS) is 11.6. The molecule has 0 heterocycles. The molecule has 0 saturated carbocycles. The highest BCUT2D eigenvalue weighted by atomic mass is 32.2. The van der Waals surface area contributed by atoms with E-state index in [0.29, 0.717) is 6.54 Å². The molecule has 2 N–H and O–H groups in total. The Morgan fingerprint density at radius 3 is 2.33 bits per heavy atom. The number of sulfonamides is 1. The average molecular weight is 347 g/mol. The summed E-state index contributed by atoms with van der Waals surface area (Å²) in [5.74, 6) is 0. The Hall–Kier alpha value is -2.38. The first-order valence-electron chi connectivity index (χ1n) is 7.46. The number of hydrogen-bond acceptors (Lipinski definition) is 5. The summed E-state index contributed by atoms with van der Waals surface area (Å²) in [5.41, 5.74) is 2.72. The summed E-state index contributed by atoms with van der Waals surface area (Å²) < 4.78 is 24.2. The fourth-order valence-electron chi connectivity index (χ4n) is 2.03. The molecule has 0 atom stereocenters. The number of aryl methyl sites for hydroxylation is 1. The minimum Gasteiger partial charge on any atom is -0.395 e. The number of aliphatic hydroxyl groups excluding tert-OH is 1. The minimum absolute atomic E-state index is 0.0838. The molecular weight excluding hydrogens is 326 g/mol. The Labute approximate surface area is 142 Å². The molecular formula is C17H21N3O3S. The number of benzene rings is 2. The van der Waals surface area contributed by atoms with Crippen molar-refractivity contribution in [2.24, 2.45) is 5.10 Å². The van der Waals surface area contributed by atoms with Crippen molar-refractivity contribution in [3.63, 3.8) is 0 Å². The van der Waals surface area contributed by atoms with Crippen molar-refractivity contribution in [3.05, 3.63) is 59.7 Å². The first kappa shape index (κ1) is 18.0. The van der Waals surface area contributed by atoms with Gasteiger partial charge in [0.05, 0.1) is 17.7 Å².